The molecule has 1 aliphatic rings. The monoisotopic (exact) mass is 447 g/mol. The molecule has 0 spiro atoms. The number of primary amides is 1. The van der Waals surface area contributed by atoms with Gasteiger partial charge in [0, 0.05) is 12.2 Å². The summed E-state index contributed by atoms with van der Waals surface area (Å²) in [7, 11) is 0. The van der Waals surface area contributed by atoms with Crippen molar-refractivity contribution in [3.8, 4) is 0 Å². The van der Waals surface area contributed by atoms with Crippen molar-refractivity contribution in [2.24, 2.45) is 5.73 Å². The number of aliphatic hydroxyl groups excluding tert-OH is 1. The lowest BCUT2D eigenvalue weighted by Crippen LogP contribution is -2.58. The molecule has 1 fully saturated rings. The minimum absolute atomic E-state index is 0.0557. The Morgan fingerprint density at radius 2 is 1.77 bits per heavy atom. The lowest BCUT2D eigenvalue weighted by Gasteiger charge is -2.25. The maximum Gasteiger partial charge on any atom is 0.328 e. The minimum atomic E-state index is -1.61. The second-order valence-corrected chi connectivity index (χ2v) is 7.39. The molecule has 5 atom stereocenters. The highest BCUT2D eigenvalue weighted by Gasteiger charge is 2.32. The van der Waals surface area contributed by atoms with Crippen LogP contribution in [0, 0.1) is 0 Å². The van der Waals surface area contributed by atoms with Crippen LogP contribution < -0.4 is 27.0 Å². The number of aliphatic carboxylic acids is 1. The molecule has 1 saturated heterocycles. The third-order valence-corrected chi connectivity index (χ3v) is 4.92. The minimum Gasteiger partial charge on any atom is -0.480 e. The van der Waals surface area contributed by atoms with E-state index in [-0.39, 0.29) is 24.5 Å². The Kier molecular flexibility index (Phi) is 10.6. The quantitative estimate of drug-likeness (QED) is 0.143. The van der Waals surface area contributed by atoms with E-state index in [1.54, 1.807) is 0 Å². The zero-order chi connectivity index (χ0) is 22.8. The first-order chi connectivity index (χ1) is 14.1. The van der Waals surface area contributed by atoms with Gasteiger partial charge in [-0.3, -0.25) is 19.2 Å². The fourth-order valence-electron chi connectivity index (χ4n) is 2.85. The molecular formula is C17H29N5O7S. The molecule has 0 aromatic rings. The predicted molar refractivity (Wildman–Crippen MR) is 108 cm³/mol. The summed E-state index contributed by atoms with van der Waals surface area (Å²) in [4.78, 5) is 59.6. The van der Waals surface area contributed by atoms with Crippen molar-refractivity contribution in [3.05, 3.63) is 0 Å². The van der Waals surface area contributed by atoms with Crippen LogP contribution in [0.5, 0.6) is 0 Å². The van der Waals surface area contributed by atoms with Crippen LogP contribution in [0.15, 0.2) is 0 Å². The molecule has 30 heavy (non-hydrogen) atoms. The zero-order valence-electron chi connectivity index (χ0n) is 16.6. The highest BCUT2D eigenvalue weighted by molar-refractivity contribution is 7.80. The summed E-state index contributed by atoms with van der Waals surface area (Å²) in [5.74, 6) is -4.27. The van der Waals surface area contributed by atoms with Crippen molar-refractivity contribution < 1.29 is 34.2 Å². The van der Waals surface area contributed by atoms with Crippen molar-refractivity contribution in [2.45, 2.75) is 62.9 Å². The van der Waals surface area contributed by atoms with E-state index in [2.05, 4.69) is 33.9 Å². The van der Waals surface area contributed by atoms with Crippen molar-refractivity contribution in [2.75, 3.05) is 12.3 Å². The smallest absolute Gasteiger partial charge is 0.328 e. The molecule has 0 aromatic heterocycles. The molecule has 0 saturated carbocycles. The molecule has 13 heteroatoms. The number of nitrogens with two attached hydrogens (primary N) is 1. The van der Waals surface area contributed by atoms with Gasteiger partial charge in [-0.05, 0) is 32.7 Å². The average molecular weight is 448 g/mol. The SMILES string of the molecule is CC(O)C(NC(=O)C(CCC(N)=O)NC(=O)C(CS)NC(=O)C1CCCN1)C(=O)O. The van der Waals surface area contributed by atoms with Crippen LogP contribution >= 0.6 is 12.6 Å². The first-order valence-electron chi connectivity index (χ1n) is 9.51. The van der Waals surface area contributed by atoms with Gasteiger partial charge in [0.2, 0.25) is 23.6 Å². The first-order valence-corrected chi connectivity index (χ1v) is 10.1. The molecule has 0 radical (unpaired) electrons. The third kappa shape index (κ3) is 8.16. The highest BCUT2D eigenvalue weighted by Crippen LogP contribution is 2.06. The predicted octanol–water partition coefficient (Wildman–Crippen LogP) is -3.15. The van der Waals surface area contributed by atoms with E-state index in [1.807, 2.05) is 0 Å². The molecule has 0 aromatic carbocycles. The number of hydrogen-bond donors (Lipinski definition) is 8. The summed E-state index contributed by atoms with van der Waals surface area (Å²) in [5.41, 5.74) is 5.10. The van der Waals surface area contributed by atoms with Crippen LogP contribution in [0.2, 0.25) is 0 Å². The van der Waals surface area contributed by atoms with Gasteiger partial charge in [0.15, 0.2) is 6.04 Å². The van der Waals surface area contributed by atoms with E-state index in [0.29, 0.717) is 13.0 Å². The van der Waals surface area contributed by atoms with Crippen molar-refractivity contribution >= 4 is 42.2 Å². The molecule has 170 valence electrons. The van der Waals surface area contributed by atoms with Crippen molar-refractivity contribution in [1.29, 1.82) is 0 Å². The van der Waals surface area contributed by atoms with Gasteiger partial charge in [-0.25, -0.2) is 4.79 Å². The van der Waals surface area contributed by atoms with E-state index in [0.717, 1.165) is 6.42 Å². The number of rotatable bonds is 12. The normalized spacial score (nSPS) is 19.8. The number of carbonyl (C=O) groups is 5. The van der Waals surface area contributed by atoms with Gasteiger partial charge in [0.25, 0.3) is 0 Å². The Bertz CT molecular complexity index is 654. The van der Waals surface area contributed by atoms with Crippen LogP contribution in [-0.2, 0) is 24.0 Å². The summed E-state index contributed by atoms with van der Waals surface area (Å²) < 4.78 is 0. The fraction of sp³-hybridized carbons (Fsp3) is 0.706. The van der Waals surface area contributed by atoms with Crippen molar-refractivity contribution in [3.63, 3.8) is 0 Å². The Hall–Kier alpha value is -2.38. The van der Waals surface area contributed by atoms with Crippen molar-refractivity contribution in [1.82, 2.24) is 21.3 Å². The Balaban J connectivity index is 2.83. The summed E-state index contributed by atoms with van der Waals surface area (Å²) in [5, 5.41) is 28.7. The summed E-state index contributed by atoms with van der Waals surface area (Å²) >= 11 is 4.06. The number of thiol groups is 1. The maximum atomic E-state index is 12.6. The Morgan fingerprint density at radius 1 is 1.13 bits per heavy atom. The van der Waals surface area contributed by atoms with Gasteiger partial charge in [-0.15, -0.1) is 0 Å². The maximum absolute atomic E-state index is 12.6. The van der Waals surface area contributed by atoms with Crippen LogP contribution in [0.25, 0.3) is 0 Å². The summed E-state index contributed by atoms with van der Waals surface area (Å²) in [6, 6.07) is -4.40. The molecule has 0 aliphatic carbocycles. The molecule has 8 N–H and O–H groups in total. The zero-order valence-corrected chi connectivity index (χ0v) is 17.5. The number of amides is 4. The molecule has 12 nitrogen and oxygen atoms in total. The number of nitrogens with one attached hydrogen (secondary N) is 4. The topological polar surface area (TPSA) is 200 Å². The third-order valence-electron chi connectivity index (χ3n) is 4.55. The van der Waals surface area contributed by atoms with Gasteiger partial charge in [0.05, 0.1) is 12.1 Å². The molecule has 1 aliphatic heterocycles. The Labute approximate surface area is 179 Å². The molecule has 0 bridgehead atoms. The highest BCUT2D eigenvalue weighted by atomic mass is 32.1. The first kappa shape index (κ1) is 25.7. The van der Waals surface area contributed by atoms with E-state index in [1.165, 1.54) is 6.92 Å². The Morgan fingerprint density at radius 3 is 2.23 bits per heavy atom. The number of hydrogen-bond acceptors (Lipinski definition) is 8. The van der Waals surface area contributed by atoms with E-state index < -0.39 is 54.0 Å². The summed E-state index contributed by atoms with van der Waals surface area (Å²) in [6.07, 6.45) is -0.390. The molecule has 1 rings (SSSR count). The van der Waals surface area contributed by atoms with E-state index in [9.17, 15) is 29.1 Å². The van der Waals surface area contributed by atoms with Gasteiger partial charge in [0.1, 0.15) is 12.1 Å². The number of carbonyl (C=O) groups excluding carboxylic acids is 4. The second kappa shape index (κ2) is 12.3. The van der Waals surface area contributed by atoms with Crippen LogP contribution in [0.3, 0.4) is 0 Å². The van der Waals surface area contributed by atoms with E-state index in [4.69, 9.17) is 10.8 Å². The van der Waals surface area contributed by atoms with E-state index >= 15 is 0 Å². The van der Waals surface area contributed by atoms with Gasteiger partial charge in [-0.2, -0.15) is 12.6 Å². The van der Waals surface area contributed by atoms with Gasteiger partial charge >= 0.3 is 5.97 Å². The summed E-state index contributed by atoms with van der Waals surface area (Å²) in [6.45, 7) is 1.87. The van der Waals surface area contributed by atoms with Crippen LogP contribution in [0.1, 0.15) is 32.6 Å². The molecular weight excluding hydrogens is 418 g/mol. The number of carboxylic acids is 1. The van der Waals surface area contributed by atoms with Gasteiger partial charge < -0.3 is 37.2 Å². The van der Waals surface area contributed by atoms with Crippen LogP contribution in [0.4, 0.5) is 0 Å². The second-order valence-electron chi connectivity index (χ2n) is 7.02. The molecule has 4 amide bonds. The molecule has 5 unspecified atom stereocenters. The number of carboxylic acid groups (broad SMARTS) is 1. The lowest BCUT2D eigenvalue weighted by molar-refractivity contribution is -0.145. The number of aliphatic hydroxyl groups is 1. The lowest BCUT2D eigenvalue weighted by atomic mass is 10.1. The fourth-order valence-corrected chi connectivity index (χ4v) is 3.10. The standard InChI is InChI=1S/C17H29N5O7S/c1-8(23)13(17(28)29)22-15(26)10(4-5-12(18)24)20-16(27)11(7-30)21-14(25)9-3-2-6-19-9/h8-11,13,19,23,30H,2-7H2,1H3,(H2,18,24)(H,20,27)(H,21,25)(H,22,26)(H,28,29). The largest absolute Gasteiger partial charge is 0.480 e. The molecule has 1 heterocycles. The average Bonchev–Trinajstić information content (AvgIpc) is 3.20. The van der Waals surface area contributed by atoms with Crippen LogP contribution in [-0.4, -0.2) is 82.4 Å². The van der Waals surface area contributed by atoms with Gasteiger partial charge in [-0.1, -0.05) is 0 Å².